The Morgan fingerprint density at radius 2 is 1.90 bits per heavy atom. The average Bonchev–Trinajstić information content (AvgIpc) is 2.72. The third-order valence-corrected chi connectivity index (χ3v) is 5.72. The van der Waals surface area contributed by atoms with Gasteiger partial charge in [-0.1, -0.05) is 25.5 Å². The minimum absolute atomic E-state index is 0.0518. The maximum Gasteiger partial charge on any atom is 0.329 e. The predicted octanol–water partition coefficient (Wildman–Crippen LogP) is 2.91. The van der Waals surface area contributed by atoms with Crippen LogP contribution in [-0.2, 0) is 11.3 Å². The maximum absolute atomic E-state index is 12.9. The monoisotopic (exact) mass is 395 g/mol. The molecule has 2 aromatic rings. The number of fused-ring (bicyclic) bond motifs is 1. The van der Waals surface area contributed by atoms with E-state index in [0.717, 1.165) is 36.9 Å². The number of nitrogens with zero attached hydrogens (tertiary/aromatic N) is 1. The number of Topliss-reactive ketones (excluding diaryl/α,β-unsaturated/α-hetero) is 1. The summed E-state index contributed by atoms with van der Waals surface area (Å²) < 4.78 is 6.85. The lowest BCUT2D eigenvalue weighted by Gasteiger charge is -2.34. The molecule has 1 aromatic carbocycles. The van der Waals surface area contributed by atoms with Gasteiger partial charge in [0.1, 0.15) is 11.6 Å². The quantitative estimate of drug-likeness (QED) is 0.812. The number of anilines is 1. The lowest BCUT2D eigenvalue weighted by Crippen LogP contribution is -2.40. The zero-order valence-corrected chi connectivity index (χ0v) is 16.7. The van der Waals surface area contributed by atoms with E-state index < -0.39 is 17.2 Å². The van der Waals surface area contributed by atoms with Crippen molar-refractivity contribution < 1.29 is 9.53 Å². The zero-order chi connectivity index (χ0) is 20.5. The van der Waals surface area contributed by atoms with Crippen LogP contribution < -0.4 is 21.3 Å². The van der Waals surface area contributed by atoms with Crippen LogP contribution in [0.4, 0.5) is 5.82 Å². The van der Waals surface area contributed by atoms with E-state index in [0.29, 0.717) is 35.7 Å². The van der Waals surface area contributed by atoms with Gasteiger partial charge < -0.3 is 10.1 Å². The van der Waals surface area contributed by atoms with Crippen LogP contribution >= 0.6 is 0 Å². The number of aromatic nitrogens is 2. The van der Waals surface area contributed by atoms with Crippen LogP contribution in [0.1, 0.15) is 56.1 Å². The van der Waals surface area contributed by atoms with Crippen molar-refractivity contribution in [3.63, 3.8) is 0 Å². The predicted molar refractivity (Wildman–Crippen MR) is 111 cm³/mol. The molecule has 0 radical (unpaired) electrons. The molecule has 152 valence electrons. The summed E-state index contributed by atoms with van der Waals surface area (Å²) in [6, 6.07) is 7.41. The lowest BCUT2D eigenvalue weighted by molar-refractivity contribution is -0.116. The number of ether oxygens (including phenoxy) is 1. The van der Waals surface area contributed by atoms with Crippen LogP contribution in [-0.4, -0.2) is 22.4 Å². The molecule has 2 N–H and O–H groups in total. The van der Waals surface area contributed by atoms with Crippen LogP contribution in [0, 0.1) is 0 Å². The van der Waals surface area contributed by atoms with E-state index >= 15 is 0 Å². The van der Waals surface area contributed by atoms with E-state index in [4.69, 9.17) is 4.74 Å². The van der Waals surface area contributed by atoms with Gasteiger partial charge in [0.2, 0.25) is 0 Å². The highest BCUT2D eigenvalue weighted by Gasteiger charge is 2.38. The van der Waals surface area contributed by atoms with Crippen molar-refractivity contribution in [3.05, 3.63) is 67.5 Å². The van der Waals surface area contributed by atoms with E-state index in [1.54, 1.807) is 11.7 Å². The Hall–Kier alpha value is -3.09. The standard InChI is InChI=1S/C22H25N3O4/c1-3-4-12-25-20-19(21(27)24-22(25)28)17(13-8-10-14(29-2)11-9-13)18-15(23-20)6-5-7-16(18)26/h8-11,17,23H,3-7,12H2,1-2H3,(H,24,27,28)/t17-/m1/s1. The molecular weight excluding hydrogens is 370 g/mol. The number of carbonyl (C=O) groups is 1. The second-order valence-electron chi connectivity index (χ2n) is 7.53. The molecule has 7 heteroatoms. The Kier molecular flexibility index (Phi) is 5.13. The number of hydrogen-bond donors (Lipinski definition) is 2. The normalized spacial score (nSPS) is 18.1. The summed E-state index contributed by atoms with van der Waals surface area (Å²) in [6.07, 6.45) is 3.70. The van der Waals surface area contributed by atoms with Crippen molar-refractivity contribution >= 4 is 11.6 Å². The number of aromatic amines is 1. The highest BCUT2D eigenvalue weighted by Crippen LogP contribution is 2.43. The fourth-order valence-corrected chi connectivity index (χ4v) is 4.26. The highest BCUT2D eigenvalue weighted by atomic mass is 16.5. The van der Waals surface area contributed by atoms with Crippen molar-refractivity contribution in [1.29, 1.82) is 0 Å². The molecule has 29 heavy (non-hydrogen) atoms. The van der Waals surface area contributed by atoms with Crippen molar-refractivity contribution in [2.45, 2.75) is 51.5 Å². The summed E-state index contributed by atoms with van der Waals surface area (Å²) in [5.74, 6) is 0.767. The number of rotatable bonds is 5. The topological polar surface area (TPSA) is 93.2 Å². The third kappa shape index (κ3) is 3.30. The van der Waals surface area contributed by atoms with Crippen LogP contribution in [0.2, 0.25) is 0 Å². The van der Waals surface area contributed by atoms with Gasteiger partial charge in [-0.15, -0.1) is 0 Å². The first kappa shape index (κ1) is 19.2. The summed E-state index contributed by atoms with van der Waals surface area (Å²) in [7, 11) is 1.59. The fourth-order valence-electron chi connectivity index (χ4n) is 4.26. The number of benzene rings is 1. The summed E-state index contributed by atoms with van der Waals surface area (Å²) in [4.78, 5) is 40.8. The molecule has 2 aliphatic rings. The number of nitrogens with one attached hydrogen (secondary N) is 2. The molecule has 0 saturated carbocycles. The molecule has 1 aliphatic heterocycles. The van der Waals surface area contributed by atoms with Gasteiger partial charge in [0, 0.05) is 30.2 Å². The lowest BCUT2D eigenvalue weighted by atomic mass is 9.76. The molecule has 0 fully saturated rings. The highest BCUT2D eigenvalue weighted by molar-refractivity contribution is 6.00. The second-order valence-corrected chi connectivity index (χ2v) is 7.53. The van der Waals surface area contributed by atoms with Gasteiger partial charge in [0.05, 0.1) is 12.7 Å². The van der Waals surface area contributed by atoms with Gasteiger partial charge in [0.25, 0.3) is 5.56 Å². The van der Waals surface area contributed by atoms with Gasteiger partial charge in [-0.3, -0.25) is 19.1 Å². The SMILES string of the molecule is CCCCn1c2c(c(=O)[nH]c1=O)[C@H](c1ccc(OC)cc1)C1=C(CCCC1=O)N2. The number of methoxy groups -OCH3 is 1. The Bertz CT molecular complexity index is 1090. The first-order valence-electron chi connectivity index (χ1n) is 10.1. The number of hydrogen-bond acceptors (Lipinski definition) is 5. The van der Waals surface area contributed by atoms with Gasteiger partial charge >= 0.3 is 5.69 Å². The summed E-state index contributed by atoms with van der Waals surface area (Å²) in [5, 5.41) is 3.29. The van der Waals surface area contributed by atoms with E-state index in [9.17, 15) is 14.4 Å². The van der Waals surface area contributed by atoms with E-state index in [2.05, 4.69) is 17.2 Å². The molecule has 4 rings (SSSR count). The number of unbranched alkanes of at least 4 members (excludes halogenated alkanes) is 1. The molecule has 0 saturated heterocycles. The summed E-state index contributed by atoms with van der Waals surface area (Å²) in [5.41, 5.74) is 1.86. The fraction of sp³-hybridized carbons (Fsp3) is 0.409. The first-order chi connectivity index (χ1) is 14.0. The van der Waals surface area contributed by atoms with Crippen molar-refractivity contribution in [3.8, 4) is 5.75 Å². The van der Waals surface area contributed by atoms with Crippen LogP contribution in [0.25, 0.3) is 0 Å². The van der Waals surface area contributed by atoms with Gasteiger partial charge in [-0.2, -0.15) is 0 Å². The van der Waals surface area contributed by atoms with Crippen molar-refractivity contribution in [2.75, 3.05) is 12.4 Å². The molecule has 1 aromatic heterocycles. The summed E-state index contributed by atoms with van der Waals surface area (Å²) >= 11 is 0. The minimum atomic E-state index is -0.503. The molecule has 2 heterocycles. The van der Waals surface area contributed by atoms with Crippen LogP contribution in [0.15, 0.2) is 45.1 Å². The van der Waals surface area contributed by atoms with Crippen molar-refractivity contribution in [2.24, 2.45) is 0 Å². The summed E-state index contributed by atoms with van der Waals surface area (Å²) in [6.45, 7) is 2.56. The van der Waals surface area contributed by atoms with Crippen molar-refractivity contribution in [1.82, 2.24) is 9.55 Å². The molecule has 0 spiro atoms. The van der Waals surface area contributed by atoms with E-state index in [-0.39, 0.29) is 5.78 Å². The number of ketones is 1. The molecule has 0 amide bonds. The first-order valence-corrected chi connectivity index (χ1v) is 10.1. The van der Waals surface area contributed by atoms with Gasteiger partial charge in [-0.25, -0.2) is 4.79 Å². The number of allylic oxidation sites excluding steroid dienone is 2. The number of carbonyl (C=O) groups excluding carboxylic acids is 1. The average molecular weight is 395 g/mol. The molecule has 0 bridgehead atoms. The van der Waals surface area contributed by atoms with Gasteiger partial charge in [0.15, 0.2) is 5.78 Å². The smallest absolute Gasteiger partial charge is 0.329 e. The Balaban J connectivity index is 1.97. The second kappa shape index (κ2) is 7.73. The Morgan fingerprint density at radius 1 is 1.14 bits per heavy atom. The molecular formula is C22H25N3O4. The number of H-pyrrole nitrogens is 1. The minimum Gasteiger partial charge on any atom is -0.497 e. The van der Waals surface area contributed by atoms with Gasteiger partial charge in [-0.05, 0) is 37.0 Å². The van der Waals surface area contributed by atoms with E-state index in [1.165, 1.54) is 0 Å². The van der Waals surface area contributed by atoms with Crippen LogP contribution in [0.5, 0.6) is 5.75 Å². The third-order valence-electron chi connectivity index (χ3n) is 5.72. The Labute approximate surface area is 168 Å². The van der Waals surface area contributed by atoms with E-state index in [1.807, 2.05) is 24.3 Å². The van der Waals surface area contributed by atoms with Crippen LogP contribution in [0.3, 0.4) is 0 Å². The zero-order valence-electron chi connectivity index (χ0n) is 16.7. The maximum atomic E-state index is 12.9. The molecule has 1 aliphatic carbocycles. The molecule has 7 nitrogen and oxygen atoms in total. The largest absolute Gasteiger partial charge is 0.497 e. The molecule has 0 unspecified atom stereocenters. The Morgan fingerprint density at radius 3 is 2.59 bits per heavy atom. The molecule has 1 atom stereocenters.